The van der Waals surface area contributed by atoms with Crippen LogP contribution in [0.4, 0.5) is 46.5 Å². The maximum Gasteiger partial charge on any atom is 0.420 e. The fourth-order valence-corrected chi connectivity index (χ4v) is 6.35. The Balaban J connectivity index is 1.89. The van der Waals surface area contributed by atoms with Crippen LogP contribution in [-0.4, -0.2) is 45.3 Å². The molecule has 15 heteroatoms. The number of halogens is 8. The number of carbonyl (C=O) groups excluding carboxylic acids is 1. The third kappa shape index (κ3) is 6.16. The van der Waals surface area contributed by atoms with Crippen LogP contribution in [0.3, 0.4) is 0 Å². The molecule has 1 saturated carbocycles. The molecule has 42 heavy (non-hydrogen) atoms. The molecule has 4 rings (SSSR count). The number of hydrogen-bond donors (Lipinski definition) is 0. The van der Waals surface area contributed by atoms with E-state index in [4.69, 9.17) is 9.47 Å². The number of anilines is 2. The van der Waals surface area contributed by atoms with Crippen molar-refractivity contribution in [3.05, 3.63) is 47.8 Å². The van der Waals surface area contributed by atoms with Crippen molar-refractivity contribution >= 4 is 27.2 Å². The van der Waals surface area contributed by atoms with Crippen LogP contribution >= 0.6 is 0 Å². The molecule has 6 nitrogen and oxygen atoms in total. The van der Waals surface area contributed by atoms with Gasteiger partial charge in [-0.25, -0.2) is 21.6 Å². The minimum absolute atomic E-state index is 0.00902. The zero-order chi connectivity index (χ0) is 31.3. The highest BCUT2D eigenvalue weighted by Gasteiger charge is 2.57. The van der Waals surface area contributed by atoms with Gasteiger partial charge in [0.05, 0.1) is 23.8 Å². The smallest absolute Gasteiger partial charge is 0.420 e. The maximum atomic E-state index is 15.7. The lowest BCUT2D eigenvalue weighted by molar-refractivity contribution is -0.151. The Kier molecular flexibility index (Phi) is 8.24. The van der Waals surface area contributed by atoms with Crippen LogP contribution in [0.1, 0.15) is 45.1 Å². The van der Waals surface area contributed by atoms with E-state index in [-0.39, 0.29) is 25.1 Å². The van der Waals surface area contributed by atoms with E-state index in [1.807, 2.05) is 0 Å². The Morgan fingerprint density at radius 3 is 2.21 bits per heavy atom. The lowest BCUT2D eigenvalue weighted by Gasteiger charge is -2.30. The fraction of sp³-hybridized carbons (Fsp3) is 0.519. The molecule has 232 valence electrons. The highest BCUT2D eigenvalue weighted by molar-refractivity contribution is 7.92. The molecule has 2 aromatic carbocycles. The first-order valence-corrected chi connectivity index (χ1v) is 14.4. The second-order valence-corrected chi connectivity index (χ2v) is 12.6. The minimum atomic E-state index is -5.80. The number of hydrogen-bond acceptors (Lipinski definition) is 6. The molecule has 1 fully saturated rings. The average molecular weight is 630 g/mol. The van der Waals surface area contributed by atoms with E-state index in [0.29, 0.717) is 19.1 Å². The van der Waals surface area contributed by atoms with E-state index in [1.54, 1.807) is 0 Å². The fourth-order valence-electron chi connectivity index (χ4n) is 4.72. The summed E-state index contributed by atoms with van der Waals surface area (Å²) in [6, 6.07) is 4.48. The van der Waals surface area contributed by atoms with Gasteiger partial charge < -0.3 is 14.4 Å². The van der Waals surface area contributed by atoms with Gasteiger partial charge in [-0.15, -0.1) is 0 Å². The summed E-state index contributed by atoms with van der Waals surface area (Å²) in [6.07, 6.45) is -6.87. The molecule has 1 aliphatic carbocycles. The number of benzene rings is 2. The molecule has 0 amide bonds. The molecule has 1 atom stereocenters. The van der Waals surface area contributed by atoms with Crippen LogP contribution in [0.2, 0.25) is 0 Å². The molecule has 2 aliphatic rings. The van der Waals surface area contributed by atoms with E-state index in [9.17, 15) is 39.6 Å². The molecule has 0 bridgehead atoms. The summed E-state index contributed by atoms with van der Waals surface area (Å²) in [5.74, 6) is -8.35. The number of sulfone groups is 1. The molecule has 0 aromatic heterocycles. The van der Waals surface area contributed by atoms with Gasteiger partial charge in [0.25, 0.3) is 0 Å². The monoisotopic (exact) mass is 629 g/mol. The van der Waals surface area contributed by atoms with Crippen LogP contribution in [0.5, 0.6) is 5.75 Å². The minimum Gasteiger partial charge on any atom is -0.492 e. The number of fused-ring (bicyclic) bond motifs is 1. The van der Waals surface area contributed by atoms with Gasteiger partial charge in [-0.05, 0) is 63.4 Å². The van der Waals surface area contributed by atoms with Gasteiger partial charge in [-0.1, -0.05) is 0 Å². The van der Waals surface area contributed by atoms with Gasteiger partial charge in [-0.3, -0.25) is 4.79 Å². The molecule has 1 heterocycles. The first kappa shape index (κ1) is 31.8. The van der Waals surface area contributed by atoms with Crippen molar-refractivity contribution in [3.8, 4) is 5.75 Å². The Morgan fingerprint density at radius 2 is 1.69 bits per heavy atom. The zero-order valence-electron chi connectivity index (χ0n) is 22.4. The Labute approximate surface area is 236 Å². The van der Waals surface area contributed by atoms with E-state index >= 15 is 8.78 Å². The van der Waals surface area contributed by atoms with E-state index < -0.39 is 98.2 Å². The molecule has 2 aromatic rings. The lowest BCUT2D eigenvalue weighted by atomic mass is 9.99. The Bertz CT molecular complexity index is 1430. The van der Waals surface area contributed by atoms with E-state index in [1.165, 1.54) is 6.92 Å². The Morgan fingerprint density at radius 1 is 1.07 bits per heavy atom. The zero-order valence-corrected chi connectivity index (χ0v) is 23.2. The van der Waals surface area contributed by atoms with Crippen molar-refractivity contribution < 1.29 is 57.8 Å². The molecule has 0 radical (unpaired) electrons. The first-order chi connectivity index (χ1) is 19.3. The normalized spacial score (nSPS) is 20.8. The summed E-state index contributed by atoms with van der Waals surface area (Å²) in [5.41, 5.74) is -3.77. The summed E-state index contributed by atoms with van der Waals surface area (Å²) in [6.45, 7) is 0.357. The number of alkyl halides is 7. The van der Waals surface area contributed by atoms with Gasteiger partial charge in [0.1, 0.15) is 28.5 Å². The molecule has 0 saturated heterocycles. The van der Waals surface area contributed by atoms with Crippen molar-refractivity contribution in [1.29, 1.82) is 0 Å². The van der Waals surface area contributed by atoms with Crippen LogP contribution in [0.25, 0.3) is 0 Å². The number of nitrogens with zero attached hydrogens (tertiary/aromatic N) is 1. The SMILES string of the molecule is CCOC(=O)C1(COc2cc3c(cc2C(F)(F)F)N(c2ccc(F)cc2)CC(CCC(C)(F)F)C(F)(F)S3(=O)=O)CC1. The highest BCUT2D eigenvalue weighted by Crippen LogP contribution is 2.52. The van der Waals surface area contributed by atoms with E-state index in [0.717, 1.165) is 29.2 Å². The molecule has 0 N–H and O–H groups in total. The topological polar surface area (TPSA) is 72.9 Å². The van der Waals surface area contributed by atoms with Crippen LogP contribution < -0.4 is 9.64 Å². The molecule has 1 aliphatic heterocycles. The van der Waals surface area contributed by atoms with Crippen LogP contribution in [0.15, 0.2) is 41.3 Å². The first-order valence-electron chi connectivity index (χ1n) is 12.9. The summed E-state index contributed by atoms with van der Waals surface area (Å²) in [4.78, 5) is 11.8. The number of rotatable bonds is 9. The van der Waals surface area contributed by atoms with Gasteiger partial charge in [-0.2, -0.15) is 22.0 Å². The van der Waals surface area contributed by atoms with E-state index in [2.05, 4.69) is 0 Å². The maximum absolute atomic E-state index is 15.7. The Hall–Kier alpha value is -3.10. The second-order valence-electron chi connectivity index (χ2n) is 10.6. The predicted octanol–water partition coefficient (Wildman–Crippen LogP) is 7.14. The molecular weight excluding hydrogens is 602 g/mol. The van der Waals surface area contributed by atoms with Crippen LogP contribution in [0, 0.1) is 17.2 Å². The molecule has 1 unspecified atom stereocenters. The summed E-state index contributed by atoms with van der Waals surface area (Å²) in [5, 5.41) is -4.69. The van der Waals surface area contributed by atoms with Gasteiger partial charge in [0, 0.05) is 24.7 Å². The van der Waals surface area contributed by atoms with Gasteiger partial charge >= 0.3 is 17.4 Å². The van der Waals surface area contributed by atoms with Crippen LogP contribution in [-0.2, 0) is 25.5 Å². The van der Waals surface area contributed by atoms with Crippen molar-refractivity contribution in [2.45, 2.75) is 61.8 Å². The third-order valence-electron chi connectivity index (χ3n) is 7.32. The van der Waals surface area contributed by atoms with Crippen molar-refractivity contribution in [3.63, 3.8) is 0 Å². The predicted molar refractivity (Wildman–Crippen MR) is 134 cm³/mol. The van der Waals surface area contributed by atoms with Gasteiger partial charge in [0.2, 0.25) is 15.8 Å². The summed E-state index contributed by atoms with van der Waals surface area (Å²) < 4.78 is 152. The average Bonchev–Trinajstić information content (AvgIpc) is 3.68. The number of carbonyl (C=O) groups is 1. The summed E-state index contributed by atoms with van der Waals surface area (Å²) >= 11 is 0. The van der Waals surface area contributed by atoms with Gasteiger partial charge in [0.15, 0.2) is 0 Å². The summed E-state index contributed by atoms with van der Waals surface area (Å²) in [7, 11) is -5.80. The standard InChI is InChI=1S/C27H27F8NO5S/c1-3-40-23(37)25(10-11-25)15-41-21-13-22-20(12-19(21)26(31,32)33)36(18-6-4-17(28)5-7-18)14-16(8-9-24(2,29)30)27(34,35)42(22,38)39/h4-7,12-13,16H,3,8-11,14-15H2,1-2H3. The number of esters is 1. The molecule has 0 spiro atoms. The highest BCUT2D eigenvalue weighted by atomic mass is 32.2. The lowest BCUT2D eigenvalue weighted by Crippen LogP contribution is -2.40. The largest absolute Gasteiger partial charge is 0.492 e. The van der Waals surface area contributed by atoms with Crippen molar-refractivity contribution in [1.82, 2.24) is 0 Å². The molecular formula is C27H27F8NO5S. The van der Waals surface area contributed by atoms with Crippen molar-refractivity contribution in [2.75, 3.05) is 24.7 Å². The quantitative estimate of drug-likeness (QED) is 0.217. The number of ether oxygens (including phenoxy) is 2. The van der Waals surface area contributed by atoms with Crippen molar-refractivity contribution in [2.24, 2.45) is 11.3 Å². The second kappa shape index (κ2) is 10.9. The third-order valence-corrected chi connectivity index (χ3v) is 9.28.